The molecule has 2 rings (SSSR count). The van der Waals surface area contributed by atoms with E-state index in [9.17, 15) is 0 Å². The van der Waals surface area contributed by atoms with Gasteiger partial charge in [0.2, 0.25) is 0 Å². The van der Waals surface area contributed by atoms with E-state index in [0.717, 1.165) is 18.6 Å². The molecule has 1 aromatic heterocycles. The van der Waals surface area contributed by atoms with Crippen LogP contribution >= 0.6 is 0 Å². The number of ether oxygens (including phenoxy) is 1. The summed E-state index contributed by atoms with van der Waals surface area (Å²) in [4.78, 5) is 4.11. The van der Waals surface area contributed by atoms with E-state index in [-0.39, 0.29) is 0 Å². The molecule has 0 amide bonds. The zero-order valence-corrected chi connectivity index (χ0v) is 10.1. The minimum Gasteiger partial charge on any atom is -0.487 e. The Bertz CT molecular complexity index is 453. The molecule has 1 aromatic carbocycles. The zero-order valence-electron chi connectivity index (χ0n) is 10.1. The van der Waals surface area contributed by atoms with Crippen molar-refractivity contribution >= 4 is 0 Å². The first-order valence-electron chi connectivity index (χ1n) is 5.99. The molecule has 0 aliphatic heterocycles. The zero-order chi connectivity index (χ0) is 11.9. The summed E-state index contributed by atoms with van der Waals surface area (Å²) in [5, 5.41) is 0. The second-order valence-corrected chi connectivity index (χ2v) is 4.01. The maximum absolute atomic E-state index is 5.81. The van der Waals surface area contributed by atoms with Gasteiger partial charge in [-0.15, -0.1) is 0 Å². The van der Waals surface area contributed by atoms with Crippen LogP contribution in [-0.4, -0.2) is 4.98 Å². The minimum absolute atomic E-state index is 0.600. The summed E-state index contributed by atoms with van der Waals surface area (Å²) in [6.45, 7) is 2.77. The molecule has 17 heavy (non-hydrogen) atoms. The van der Waals surface area contributed by atoms with E-state index in [0.29, 0.717) is 6.61 Å². The molecule has 88 valence electrons. The second-order valence-electron chi connectivity index (χ2n) is 4.01. The normalized spacial score (nSPS) is 10.2. The lowest BCUT2D eigenvalue weighted by Crippen LogP contribution is -1.99. The fourth-order valence-electron chi connectivity index (χ4n) is 1.75. The third-order valence-corrected chi connectivity index (χ3v) is 2.63. The van der Waals surface area contributed by atoms with Crippen LogP contribution in [0.25, 0.3) is 0 Å². The van der Waals surface area contributed by atoms with Crippen LogP contribution in [0.3, 0.4) is 0 Å². The van der Waals surface area contributed by atoms with E-state index in [4.69, 9.17) is 4.74 Å². The molecule has 0 saturated carbocycles. The predicted octanol–water partition coefficient (Wildman–Crippen LogP) is 3.61. The van der Waals surface area contributed by atoms with Gasteiger partial charge >= 0.3 is 0 Å². The lowest BCUT2D eigenvalue weighted by atomic mass is 10.1. The highest BCUT2D eigenvalue weighted by atomic mass is 16.5. The van der Waals surface area contributed by atoms with Crippen LogP contribution in [0.1, 0.15) is 24.5 Å². The van der Waals surface area contributed by atoms with Crippen molar-refractivity contribution in [3.8, 4) is 5.75 Å². The number of pyridine rings is 1. The van der Waals surface area contributed by atoms with Gasteiger partial charge < -0.3 is 4.74 Å². The van der Waals surface area contributed by atoms with Crippen molar-refractivity contribution in [2.45, 2.75) is 26.4 Å². The van der Waals surface area contributed by atoms with Crippen LogP contribution in [0, 0.1) is 0 Å². The molecule has 0 unspecified atom stereocenters. The summed E-state index contributed by atoms with van der Waals surface area (Å²) >= 11 is 0. The molecule has 0 atom stereocenters. The van der Waals surface area contributed by atoms with Crippen LogP contribution in [0.2, 0.25) is 0 Å². The maximum atomic E-state index is 5.81. The summed E-state index contributed by atoms with van der Waals surface area (Å²) in [5.41, 5.74) is 2.41. The Morgan fingerprint density at radius 2 is 1.94 bits per heavy atom. The molecule has 0 radical (unpaired) electrons. The van der Waals surface area contributed by atoms with Gasteiger partial charge in [0.05, 0.1) is 6.20 Å². The highest BCUT2D eigenvalue weighted by Gasteiger charge is 2.02. The summed E-state index contributed by atoms with van der Waals surface area (Å²) in [5.74, 6) is 0.901. The van der Waals surface area contributed by atoms with E-state index in [2.05, 4.69) is 24.0 Å². The van der Waals surface area contributed by atoms with Crippen molar-refractivity contribution in [3.05, 3.63) is 59.9 Å². The van der Waals surface area contributed by atoms with E-state index in [1.165, 1.54) is 11.1 Å². The number of hydrogen-bond acceptors (Lipinski definition) is 2. The average Bonchev–Trinajstić information content (AvgIpc) is 2.39. The largest absolute Gasteiger partial charge is 0.487 e. The maximum Gasteiger partial charge on any atom is 0.141 e. The molecule has 0 fully saturated rings. The van der Waals surface area contributed by atoms with Crippen molar-refractivity contribution in [1.82, 2.24) is 4.98 Å². The molecular formula is C15H17NO. The van der Waals surface area contributed by atoms with Gasteiger partial charge in [-0.1, -0.05) is 43.7 Å². The van der Waals surface area contributed by atoms with Gasteiger partial charge in [-0.2, -0.15) is 0 Å². The topological polar surface area (TPSA) is 22.1 Å². The number of rotatable bonds is 5. The van der Waals surface area contributed by atoms with E-state index >= 15 is 0 Å². The third-order valence-electron chi connectivity index (χ3n) is 2.63. The molecule has 1 heterocycles. The summed E-state index contributed by atoms with van der Waals surface area (Å²) in [6, 6.07) is 12.2. The molecular weight excluding hydrogens is 210 g/mol. The first-order chi connectivity index (χ1) is 8.40. The average molecular weight is 227 g/mol. The number of aryl methyl sites for hydroxylation is 1. The Balaban J connectivity index is 2.03. The summed E-state index contributed by atoms with van der Waals surface area (Å²) < 4.78 is 5.81. The van der Waals surface area contributed by atoms with E-state index in [1.807, 2.05) is 30.5 Å². The van der Waals surface area contributed by atoms with Gasteiger partial charge in [0.15, 0.2) is 0 Å². The van der Waals surface area contributed by atoms with Crippen LogP contribution in [0.4, 0.5) is 0 Å². The molecule has 0 spiro atoms. The van der Waals surface area contributed by atoms with Crippen molar-refractivity contribution in [2.75, 3.05) is 0 Å². The third kappa shape index (κ3) is 3.31. The van der Waals surface area contributed by atoms with Crippen LogP contribution < -0.4 is 4.74 Å². The minimum atomic E-state index is 0.600. The van der Waals surface area contributed by atoms with Crippen LogP contribution in [-0.2, 0) is 13.0 Å². The summed E-state index contributed by atoms with van der Waals surface area (Å²) in [6.07, 6.45) is 5.77. The fraction of sp³-hybridized carbons (Fsp3) is 0.267. The van der Waals surface area contributed by atoms with E-state index < -0.39 is 0 Å². The first kappa shape index (κ1) is 11.6. The Kier molecular flexibility index (Phi) is 4.14. The second kappa shape index (κ2) is 6.04. The van der Waals surface area contributed by atoms with Crippen molar-refractivity contribution in [2.24, 2.45) is 0 Å². The Morgan fingerprint density at radius 3 is 2.71 bits per heavy atom. The number of nitrogens with zero attached hydrogens (tertiary/aromatic N) is 1. The van der Waals surface area contributed by atoms with Crippen molar-refractivity contribution < 1.29 is 4.74 Å². The quantitative estimate of drug-likeness (QED) is 0.778. The van der Waals surface area contributed by atoms with Crippen LogP contribution in [0.15, 0.2) is 48.8 Å². The SMILES string of the molecule is CCCc1ccncc1OCc1ccccc1. The monoisotopic (exact) mass is 227 g/mol. The Hall–Kier alpha value is -1.83. The lowest BCUT2D eigenvalue weighted by Gasteiger charge is -2.10. The number of hydrogen-bond donors (Lipinski definition) is 0. The van der Waals surface area contributed by atoms with Gasteiger partial charge in [0.25, 0.3) is 0 Å². The predicted molar refractivity (Wildman–Crippen MR) is 69.0 cm³/mol. The van der Waals surface area contributed by atoms with Gasteiger partial charge in [-0.05, 0) is 23.6 Å². The fourth-order valence-corrected chi connectivity index (χ4v) is 1.75. The highest BCUT2D eigenvalue weighted by Crippen LogP contribution is 2.19. The number of aromatic nitrogens is 1. The Morgan fingerprint density at radius 1 is 1.12 bits per heavy atom. The molecule has 0 N–H and O–H groups in total. The van der Waals surface area contributed by atoms with Crippen molar-refractivity contribution in [1.29, 1.82) is 0 Å². The number of benzene rings is 1. The van der Waals surface area contributed by atoms with E-state index in [1.54, 1.807) is 6.20 Å². The first-order valence-corrected chi connectivity index (χ1v) is 5.99. The van der Waals surface area contributed by atoms with Gasteiger partial charge in [0.1, 0.15) is 12.4 Å². The molecule has 0 bridgehead atoms. The van der Waals surface area contributed by atoms with Crippen LogP contribution in [0.5, 0.6) is 5.75 Å². The molecule has 0 saturated heterocycles. The smallest absolute Gasteiger partial charge is 0.141 e. The van der Waals surface area contributed by atoms with Crippen molar-refractivity contribution in [3.63, 3.8) is 0 Å². The summed E-state index contributed by atoms with van der Waals surface area (Å²) in [7, 11) is 0. The van der Waals surface area contributed by atoms with Gasteiger partial charge in [-0.3, -0.25) is 4.98 Å². The van der Waals surface area contributed by atoms with Gasteiger partial charge in [-0.25, -0.2) is 0 Å². The molecule has 0 aliphatic rings. The molecule has 2 aromatic rings. The standard InChI is InChI=1S/C15H17NO/c1-2-6-14-9-10-16-11-15(14)17-12-13-7-4-3-5-8-13/h3-5,7-11H,2,6,12H2,1H3. The highest BCUT2D eigenvalue weighted by molar-refractivity contribution is 5.30. The lowest BCUT2D eigenvalue weighted by molar-refractivity contribution is 0.301. The Labute approximate surface area is 102 Å². The molecule has 2 nitrogen and oxygen atoms in total. The molecule has 0 aliphatic carbocycles. The molecule has 2 heteroatoms. The van der Waals surface area contributed by atoms with Gasteiger partial charge in [0, 0.05) is 6.20 Å².